The third kappa shape index (κ3) is 4.38. The Kier molecular flexibility index (Phi) is 5.08. The second-order valence-corrected chi connectivity index (χ2v) is 4.22. The summed E-state index contributed by atoms with van der Waals surface area (Å²) in [6, 6.07) is 1.16. The minimum atomic E-state index is -1.49. The molecular weight excluding hydrogens is 279 g/mol. The quantitative estimate of drug-likeness (QED) is 0.674. The number of aliphatic hydroxyl groups is 1. The van der Waals surface area contributed by atoms with E-state index in [0.717, 1.165) is 6.07 Å². The maximum absolute atomic E-state index is 13.4. The molecule has 104 valence electrons. The molecule has 0 spiro atoms. The fraction of sp³-hybridized carbons (Fsp3) is 0.273. The van der Waals surface area contributed by atoms with Crippen molar-refractivity contribution >= 4 is 29.3 Å². The van der Waals surface area contributed by atoms with Crippen molar-refractivity contribution in [3.05, 3.63) is 29.0 Å². The zero-order chi connectivity index (χ0) is 14.6. The van der Waals surface area contributed by atoms with Gasteiger partial charge in [0.2, 0.25) is 0 Å². The van der Waals surface area contributed by atoms with Crippen molar-refractivity contribution < 1.29 is 24.2 Å². The largest absolute Gasteiger partial charge is 0.480 e. The van der Waals surface area contributed by atoms with Gasteiger partial charge in [-0.25, -0.2) is 14.0 Å². The summed E-state index contributed by atoms with van der Waals surface area (Å²) in [6.07, 6.45) is -1.29. The highest BCUT2D eigenvalue weighted by Gasteiger charge is 2.25. The second kappa shape index (κ2) is 6.35. The summed E-state index contributed by atoms with van der Waals surface area (Å²) in [5.74, 6) is -2.16. The number of carbonyl (C=O) groups is 2. The number of hydrogen-bond acceptors (Lipinski definition) is 3. The number of carbonyl (C=O) groups excluding carboxylic acids is 1. The van der Waals surface area contributed by atoms with Crippen LogP contribution >= 0.6 is 11.6 Å². The van der Waals surface area contributed by atoms with Crippen molar-refractivity contribution in [2.45, 2.75) is 19.1 Å². The number of halogens is 2. The smallest absolute Gasteiger partial charge is 0.328 e. The lowest BCUT2D eigenvalue weighted by Crippen LogP contribution is -2.49. The molecule has 2 unspecified atom stereocenters. The monoisotopic (exact) mass is 290 g/mol. The van der Waals surface area contributed by atoms with Crippen LogP contribution in [0.1, 0.15) is 6.92 Å². The summed E-state index contributed by atoms with van der Waals surface area (Å²) >= 11 is 5.54. The van der Waals surface area contributed by atoms with E-state index in [0.29, 0.717) is 0 Å². The summed E-state index contributed by atoms with van der Waals surface area (Å²) in [6.45, 7) is 1.21. The summed E-state index contributed by atoms with van der Waals surface area (Å²) in [5.41, 5.74) is -0.156. The van der Waals surface area contributed by atoms with Gasteiger partial charge in [0, 0.05) is 5.02 Å². The molecule has 1 aromatic rings. The number of carboxylic acid groups (broad SMARTS) is 1. The van der Waals surface area contributed by atoms with Gasteiger partial charge in [0.1, 0.15) is 5.82 Å². The maximum Gasteiger partial charge on any atom is 0.328 e. The van der Waals surface area contributed by atoms with E-state index >= 15 is 0 Å². The van der Waals surface area contributed by atoms with Crippen LogP contribution in [0.25, 0.3) is 0 Å². The van der Waals surface area contributed by atoms with Crippen LogP contribution in [0.2, 0.25) is 5.02 Å². The highest BCUT2D eigenvalue weighted by atomic mass is 35.5. The van der Waals surface area contributed by atoms with Crippen LogP contribution in [0.5, 0.6) is 0 Å². The maximum atomic E-state index is 13.4. The molecule has 1 rings (SSSR count). The van der Waals surface area contributed by atoms with Gasteiger partial charge in [0.25, 0.3) is 0 Å². The van der Waals surface area contributed by atoms with Gasteiger partial charge in [-0.3, -0.25) is 0 Å². The van der Waals surface area contributed by atoms with E-state index in [1.54, 1.807) is 0 Å². The highest BCUT2D eigenvalue weighted by Crippen LogP contribution is 2.18. The number of benzene rings is 1. The fourth-order valence-corrected chi connectivity index (χ4v) is 1.44. The molecule has 0 saturated heterocycles. The lowest BCUT2D eigenvalue weighted by atomic mass is 10.2. The molecule has 4 N–H and O–H groups in total. The average molecular weight is 291 g/mol. The first kappa shape index (κ1) is 15.2. The van der Waals surface area contributed by atoms with Gasteiger partial charge < -0.3 is 20.8 Å². The molecule has 2 atom stereocenters. The van der Waals surface area contributed by atoms with Crippen LogP contribution in [0.15, 0.2) is 18.2 Å². The Bertz CT molecular complexity index is 496. The molecule has 0 bridgehead atoms. The Balaban J connectivity index is 2.72. The highest BCUT2D eigenvalue weighted by molar-refractivity contribution is 6.30. The van der Waals surface area contributed by atoms with Crippen LogP contribution in [-0.2, 0) is 4.79 Å². The van der Waals surface area contributed by atoms with Gasteiger partial charge in [0.15, 0.2) is 6.04 Å². The number of hydrogen-bond donors (Lipinski definition) is 4. The van der Waals surface area contributed by atoms with Gasteiger partial charge in [-0.1, -0.05) is 11.6 Å². The molecule has 19 heavy (non-hydrogen) atoms. The lowest BCUT2D eigenvalue weighted by molar-refractivity contribution is -0.141. The summed E-state index contributed by atoms with van der Waals surface area (Å²) in [7, 11) is 0. The Morgan fingerprint density at radius 3 is 2.53 bits per heavy atom. The Hall–Kier alpha value is -1.86. The van der Waals surface area contributed by atoms with Gasteiger partial charge in [-0.05, 0) is 25.1 Å². The molecule has 0 heterocycles. The lowest BCUT2D eigenvalue weighted by Gasteiger charge is -2.17. The van der Waals surface area contributed by atoms with Crippen LogP contribution in [0, 0.1) is 5.82 Å². The number of carboxylic acids is 1. The van der Waals surface area contributed by atoms with Crippen molar-refractivity contribution in [3.8, 4) is 0 Å². The van der Waals surface area contributed by atoms with E-state index < -0.39 is 30.0 Å². The minimum Gasteiger partial charge on any atom is -0.480 e. The van der Waals surface area contributed by atoms with E-state index in [4.69, 9.17) is 16.7 Å². The molecule has 0 fully saturated rings. The Morgan fingerprint density at radius 1 is 1.42 bits per heavy atom. The Labute approximate surface area is 113 Å². The molecule has 0 aliphatic heterocycles. The molecule has 0 radical (unpaired) electrons. The van der Waals surface area contributed by atoms with Crippen molar-refractivity contribution in [2.75, 3.05) is 5.32 Å². The van der Waals surface area contributed by atoms with E-state index in [1.165, 1.54) is 19.1 Å². The minimum absolute atomic E-state index is 0.156. The summed E-state index contributed by atoms with van der Waals surface area (Å²) in [5, 5.41) is 22.2. The molecule has 0 aliphatic rings. The van der Waals surface area contributed by atoms with Crippen molar-refractivity contribution in [1.29, 1.82) is 0 Å². The molecule has 2 amide bonds. The fourth-order valence-electron chi connectivity index (χ4n) is 1.28. The summed E-state index contributed by atoms with van der Waals surface area (Å²) < 4.78 is 13.4. The average Bonchev–Trinajstić information content (AvgIpc) is 2.29. The predicted octanol–water partition coefficient (Wildman–Crippen LogP) is 1.43. The molecule has 0 aliphatic carbocycles. The van der Waals surface area contributed by atoms with Crippen LogP contribution < -0.4 is 10.6 Å². The topological polar surface area (TPSA) is 98.7 Å². The van der Waals surface area contributed by atoms with E-state index in [9.17, 15) is 19.1 Å². The van der Waals surface area contributed by atoms with Gasteiger partial charge in [-0.15, -0.1) is 0 Å². The molecular formula is C11H12ClFN2O4. The number of nitrogens with one attached hydrogen (secondary N) is 2. The third-order valence-electron chi connectivity index (χ3n) is 2.21. The van der Waals surface area contributed by atoms with Gasteiger partial charge in [-0.2, -0.15) is 0 Å². The van der Waals surface area contributed by atoms with Crippen molar-refractivity contribution in [1.82, 2.24) is 5.32 Å². The first-order valence-corrected chi connectivity index (χ1v) is 5.62. The number of aliphatic hydroxyl groups excluding tert-OH is 1. The predicted molar refractivity (Wildman–Crippen MR) is 66.7 cm³/mol. The van der Waals surface area contributed by atoms with Gasteiger partial charge >= 0.3 is 12.0 Å². The zero-order valence-electron chi connectivity index (χ0n) is 9.85. The first-order valence-electron chi connectivity index (χ1n) is 5.24. The van der Waals surface area contributed by atoms with Crippen molar-refractivity contribution in [3.63, 3.8) is 0 Å². The number of urea groups is 1. The molecule has 6 nitrogen and oxygen atoms in total. The molecule has 0 saturated carbocycles. The van der Waals surface area contributed by atoms with Crippen LogP contribution in [-0.4, -0.2) is 34.4 Å². The molecule has 8 heteroatoms. The SMILES string of the molecule is CC(O)C(NC(=O)Nc1ccc(Cl)cc1F)C(=O)O. The first-order chi connectivity index (χ1) is 8.81. The molecule has 0 aromatic heterocycles. The standard InChI is InChI=1S/C11H12ClFN2O4/c1-5(16)9(10(17)18)15-11(19)14-8-3-2-6(12)4-7(8)13/h2-5,9,16H,1H3,(H,17,18)(H2,14,15,19). The number of aliphatic carboxylic acids is 1. The zero-order valence-corrected chi connectivity index (χ0v) is 10.6. The summed E-state index contributed by atoms with van der Waals surface area (Å²) in [4.78, 5) is 22.2. The normalized spacial score (nSPS) is 13.5. The molecule has 1 aromatic carbocycles. The number of anilines is 1. The van der Waals surface area contributed by atoms with E-state index in [1.807, 2.05) is 5.32 Å². The Morgan fingerprint density at radius 2 is 2.05 bits per heavy atom. The number of rotatable bonds is 4. The van der Waals surface area contributed by atoms with E-state index in [2.05, 4.69) is 5.32 Å². The van der Waals surface area contributed by atoms with Crippen LogP contribution in [0.4, 0.5) is 14.9 Å². The van der Waals surface area contributed by atoms with Crippen LogP contribution in [0.3, 0.4) is 0 Å². The third-order valence-corrected chi connectivity index (χ3v) is 2.45. The van der Waals surface area contributed by atoms with E-state index in [-0.39, 0.29) is 10.7 Å². The van der Waals surface area contributed by atoms with Gasteiger partial charge in [0.05, 0.1) is 11.8 Å². The van der Waals surface area contributed by atoms with Crippen molar-refractivity contribution in [2.24, 2.45) is 0 Å². The number of amides is 2. The second-order valence-electron chi connectivity index (χ2n) is 3.78.